The van der Waals surface area contributed by atoms with Crippen molar-refractivity contribution in [1.82, 2.24) is 9.78 Å². The molecular formula is C13H11FN2O3. The van der Waals surface area contributed by atoms with Crippen molar-refractivity contribution in [3.05, 3.63) is 47.5 Å². The first-order valence-electron chi connectivity index (χ1n) is 5.63. The van der Waals surface area contributed by atoms with Crippen molar-refractivity contribution >= 4 is 12.3 Å². The number of hydrogen-bond donors (Lipinski definition) is 0. The zero-order valence-corrected chi connectivity index (χ0v) is 10.2. The smallest absolute Gasteiger partial charge is 0.357 e. The van der Waals surface area contributed by atoms with Crippen molar-refractivity contribution in [2.75, 3.05) is 6.61 Å². The fourth-order valence-corrected chi connectivity index (χ4v) is 1.63. The maximum absolute atomic E-state index is 12.9. The molecule has 0 saturated heterocycles. The van der Waals surface area contributed by atoms with E-state index in [-0.39, 0.29) is 17.9 Å². The lowest BCUT2D eigenvalue weighted by Crippen LogP contribution is -2.13. The predicted octanol–water partition coefficient (Wildman–Crippen LogP) is 2.00. The lowest BCUT2D eigenvalue weighted by molar-refractivity contribution is 0.0513. The molecule has 0 spiro atoms. The molecule has 2 aromatic rings. The first-order chi connectivity index (χ1) is 9.17. The number of nitrogens with zero attached hydrogens (tertiary/aromatic N) is 2. The number of ether oxygens (including phenoxy) is 1. The van der Waals surface area contributed by atoms with Gasteiger partial charge in [0.15, 0.2) is 12.0 Å². The van der Waals surface area contributed by atoms with E-state index in [0.717, 1.165) is 0 Å². The molecule has 0 amide bonds. The predicted molar refractivity (Wildman–Crippen MR) is 64.9 cm³/mol. The minimum Gasteiger partial charge on any atom is -0.461 e. The fourth-order valence-electron chi connectivity index (χ4n) is 1.63. The number of carbonyl (C=O) groups excluding carboxylic acids is 2. The Balaban J connectivity index is 2.51. The summed E-state index contributed by atoms with van der Waals surface area (Å²) < 4.78 is 19.0. The summed E-state index contributed by atoms with van der Waals surface area (Å²) in [7, 11) is 0. The molecule has 0 N–H and O–H groups in total. The van der Waals surface area contributed by atoms with Crippen LogP contribution in [0.25, 0.3) is 5.69 Å². The van der Waals surface area contributed by atoms with Gasteiger partial charge in [-0.3, -0.25) is 4.79 Å². The van der Waals surface area contributed by atoms with Crippen LogP contribution in [-0.4, -0.2) is 28.6 Å². The summed E-state index contributed by atoms with van der Waals surface area (Å²) >= 11 is 0. The van der Waals surface area contributed by atoms with E-state index in [2.05, 4.69) is 5.10 Å². The first kappa shape index (κ1) is 12.9. The van der Waals surface area contributed by atoms with Gasteiger partial charge in [-0.1, -0.05) is 0 Å². The number of rotatable bonds is 4. The molecule has 5 nitrogen and oxygen atoms in total. The van der Waals surface area contributed by atoms with E-state index in [4.69, 9.17) is 4.74 Å². The summed E-state index contributed by atoms with van der Waals surface area (Å²) in [6.45, 7) is 1.85. The Kier molecular flexibility index (Phi) is 3.70. The molecule has 0 saturated carbocycles. The maximum atomic E-state index is 12.9. The van der Waals surface area contributed by atoms with Crippen LogP contribution in [0.4, 0.5) is 4.39 Å². The minimum absolute atomic E-state index is 0.0310. The molecular weight excluding hydrogens is 251 g/mol. The van der Waals surface area contributed by atoms with Gasteiger partial charge in [0.25, 0.3) is 0 Å². The second-order valence-corrected chi connectivity index (χ2v) is 3.68. The summed E-state index contributed by atoms with van der Waals surface area (Å²) in [5, 5.41) is 3.95. The highest BCUT2D eigenvalue weighted by atomic mass is 19.1. The summed E-state index contributed by atoms with van der Waals surface area (Å²) in [5.41, 5.74) is 0.629. The molecule has 0 unspecified atom stereocenters. The molecule has 0 aliphatic heterocycles. The van der Waals surface area contributed by atoms with Crippen molar-refractivity contribution in [2.24, 2.45) is 0 Å². The van der Waals surface area contributed by atoms with Crippen molar-refractivity contribution < 1.29 is 18.7 Å². The molecule has 19 heavy (non-hydrogen) atoms. The van der Waals surface area contributed by atoms with Crippen LogP contribution in [0.2, 0.25) is 0 Å². The van der Waals surface area contributed by atoms with Gasteiger partial charge in [-0.25, -0.2) is 13.9 Å². The summed E-state index contributed by atoms with van der Waals surface area (Å²) in [6, 6.07) is 5.40. The number of aldehydes is 1. The van der Waals surface area contributed by atoms with Crippen molar-refractivity contribution in [1.29, 1.82) is 0 Å². The number of halogens is 1. The average Bonchev–Trinajstić information content (AvgIpc) is 2.83. The Bertz CT molecular complexity index is 605. The van der Waals surface area contributed by atoms with Gasteiger partial charge in [-0.2, -0.15) is 5.10 Å². The number of carbonyl (C=O) groups is 2. The lowest BCUT2D eigenvalue weighted by atomic mass is 10.2. The molecule has 0 fully saturated rings. The summed E-state index contributed by atoms with van der Waals surface area (Å²) in [5.74, 6) is -1.05. The highest BCUT2D eigenvalue weighted by Crippen LogP contribution is 2.15. The van der Waals surface area contributed by atoms with Crippen molar-refractivity contribution in [3.8, 4) is 5.69 Å². The van der Waals surface area contributed by atoms with E-state index in [9.17, 15) is 14.0 Å². The highest BCUT2D eigenvalue weighted by Gasteiger charge is 2.20. The van der Waals surface area contributed by atoms with Gasteiger partial charge in [0.2, 0.25) is 0 Å². The summed E-state index contributed by atoms with van der Waals surface area (Å²) in [4.78, 5) is 22.7. The molecule has 1 heterocycles. The molecule has 98 valence electrons. The van der Waals surface area contributed by atoms with Crippen LogP contribution in [-0.2, 0) is 4.74 Å². The molecule has 0 atom stereocenters. The van der Waals surface area contributed by atoms with Crippen LogP contribution in [0, 0.1) is 5.82 Å². The third-order valence-electron chi connectivity index (χ3n) is 2.46. The minimum atomic E-state index is -0.647. The zero-order chi connectivity index (χ0) is 13.8. The molecule has 0 aliphatic carbocycles. The van der Waals surface area contributed by atoms with Crippen LogP contribution in [0.15, 0.2) is 30.5 Å². The Morgan fingerprint density at radius 1 is 1.42 bits per heavy atom. The second kappa shape index (κ2) is 5.43. The van der Waals surface area contributed by atoms with E-state index >= 15 is 0 Å². The van der Waals surface area contributed by atoms with Gasteiger partial charge in [-0.15, -0.1) is 0 Å². The fraction of sp³-hybridized carbons (Fsp3) is 0.154. The van der Waals surface area contributed by atoms with Crippen molar-refractivity contribution in [2.45, 2.75) is 6.92 Å². The van der Waals surface area contributed by atoms with Crippen LogP contribution >= 0.6 is 0 Å². The molecule has 2 rings (SSSR count). The van der Waals surface area contributed by atoms with Gasteiger partial charge in [-0.05, 0) is 31.2 Å². The van der Waals surface area contributed by atoms with Crippen LogP contribution < -0.4 is 0 Å². The van der Waals surface area contributed by atoms with Crippen LogP contribution in [0.1, 0.15) is 27.8 Å². The van der Waals surface area contributed by atoms with Gasteiger partial charge < -0.3 is 4.74 Å². The third-order valence-corrected chi connectivity index (χ3v) is 2.46. The Labute approximate surface area is 108 Å². The van der Waals surface area contributed by atoms with Crippen LogP contribution in [0.5, 0.6) is 0 Å². The molecule has 6 heteroatoms. The van der Waals surface area contributed by atoms with Crippen LogP contribution in [0.3, 0.4) is 0 Å². The standard InChI is InChI=1S/C13H11FN2O3/c1-2-19-13(18)12-9(8-17)7-15-16(12)11-5-3-10(14)4-6-11/h3-8H,2H2,1H3. The van der Waals surface area contributed by atoms with E-state index < -0.39 is 11.8 Å². The quantitative estimate of drug-likeness (QED) is 0.624. The second-order valence-electron chi connectivity index (χ2n) is 3.68. The van der Waals surface area contributed by atoms with Gasteiger partial charge >= 0.3 is 5.97 Å². The zero-order valence-electron chi connectivity index (χ0n) is 10.2. The first-order valence-corrected chi connectivity index (χ1v) is 5.63. The Morgan fingerprint density at radius 2 is 2.11 bits per heavy atom. The SMILES string of the molecule is CCOC(=O)c1c(C=O)cnn1-c1ccc(F)cc1. The molecule has 0 bridgehead atoms. The lowest BCUT2D eigenvalue weighted by Gasteiger charge is -2.07. The third kappa shape index (κ3) is 2.52. The number of aromatic nitrogens is 2. The number of hydrogen-bond acceptors (Lipinski definition) is 4. The van der Waals surface area contributed by atoms with Gasteiger partial charge in [0, 0.05) is 0 Å². The van der Waals surface area contributed by atoms with Gasteiger partial charge in [0.1, 0.15) is 5.82 Å². The Hall–Kier alpha value is -2.50. The van der Waals surface area contributed by atoms with Gasteiger partial charge in [0.05, 0.1) is 24.1 Å². The number of benzene rings is 1. The molecule has 1 aromatic heterocycles. The largest absolute Gasteiger partial charge is 0.461 e. The van der Waals surface area contributed by atoms with Crippen molar-refractivity contribution in [3.63, 3.8) is 0 Å². The normalized spacial score (nSPS) is 10.2. The topological polar surface area (TPSA) is 61.2 Å². The van der Waals surface area contributed by atoms with E-state index in [1.807, 2.05) is 0 Å². The molecule has 0 aliphatic rings. The van der Waals surface area contributed by atoms with E-state index in [0.29, 0.717) is 12.0 Å². The Morgan fingerprint density at radius 3 is 2.68 bits per heavy atom. The molecule has 1 aromatic carbocycles. The van der Waals surface area contributed by atoms with E-state index in [1.54, 1.807) is 6.92 Å². The highest BCUT2D eigenvalue weighted by molar-refractivity contribution is 5.97. The maximum Gasteiger partial charge on any atom is 0.357 e. The van der Waals surface area contributed by atoms with E-state index in [1.165, 1.54) is 35.1 Å². The number of esters is 1. The molecule has 0 radical (unpaired) electrons. The average molecular weight is 262 g/mol. The summed E-state index contributed by atoms with van der Waals surface area (Å²) in [6.07, 6.45) is 1.79. The monoisotopic (exact) mass is 262 g/mol.